The van der Waals surface area contributed by atoms with Crippen LogP contribution in [0.5, 0.6) is 0 Å². The van der Waals surface area contributed by atoms with E-state index >= 15 is 0 Å². The fourth-order valence-electron chi connectivity index (χ4n) is 1.76. The Labute approximate surface area is 97.4 Å². The molecule has 3 nitrogen and oxygen atoms in total. The van der Waals surface area contributed by atoms with Gasteiger partial charge in [-0.25, -0.2) is 4.98 Å². The van der Waals surface area contributed by atoms with Crippen molar-refractivity contribution in [2.75, 3.05) is 18.0 Å². The Bertz CT molecular complexity index is 388. The van der Waals surface area contributed by atoms with E-state index in [-0.39, 0.29) is 0 Å². The fraction of sp³-hybridized carbons (Fsp3) is 0.545. The van der Waals surface area contributed by atoms with Crippen LogP contribution in [0.3, 0.4) is 0 Å². The molecule has 1 fully saturated rings. The van der Waals surface area contributed by atoms with Crippen LogP contribution in [0, 0.1) is 0 Å². The molecule has 1 aliphatic carbocycles. The van der Waals surface area contributed by atoms with Crippen LogP contribution in [-0.2, 0) is 6.18 Å². The van der Waals surface area contributed by atoms with Crippen molar-refractivity contribution in [3.63, 3.8) is 0 Å². The molecule has 1 aliphatic rings. The minimum Gasteiger partial charge on any atom is -0.352 e. The Balaban J connectivity index is 2.24. The van der Waals surface area contributed by atoms with Crippen LogP contribution >= 0.6 is 0 Å². The van der Waals surface area contributed by atoms with Gasteiger partial charge in [0, 0.05) is 25.3 Å². The highest BCUT2D eigenvalue weighted by molar-refractivity contribution is 5.44. The van der Waals surface area contributed by atoms with Gasteiger partial charge < -0.3 is 10.6 Å². The minimum atomic E-state index is -4.32. The van der Waals surface area contributed by atoms with Crippen LogP contribution in [0.15, 0.2) is 18.3 Å². The highest BCUT2D eigenvalue weighted by Crippen LogP contribution is 2.34. The molecule has 6 heteroatoms. The van der Waals surface area contributed by atoms with Crippen molar-refractivity contribution in [1.82, 2.24) is 4.98 Å². The summed E-state index contributed by atoms with van der Waals surface area (Å²) in [5.41, 5.74) is 4.80. The van der Waals surface area contributed by atoms with Gasteiger partial charge in [0.2, 0.25) is 0 Å². The third-order valence-electron chi connectivity index (χ3n) is 2.72. The molecule has 1 aromatic rings. The number of rotatable bonds is 4. The van der Waals surface area contributed by atoms with E-state index < -0.39 is 11.7 Å². The Morgan fingerprint density at radius 3 is 2.65 bits per heavy atom. The molecule has 0 aliphatic heterocycles. The molecule has 0 spiro atoms. The second kappa shape index (κ2) is 4.52. The van der Waals surface area contributed by atoms with Crippen molar-refractivity contribution >= 4 is 5.82 Å². The van der Waals surface area contributed by atoms with Crippen LogP contribution in [0.1, 0.15) is 18.4 Å². The van der Waals surface area contributed by atoms with Crippen molar-refractivity contribution in [3.8, 4) is 0 Å². The Kier molecular flexibility index (Phi) is 3.24. The fourth-order valence-corrected chi connectivity index (χ4v) is 1.76. The lowest BCUT2D eigenvalue weighted by molar-refractivity contribution is -0.137. The topological polar surface area (TPSA) is 42.1 Å². The number of hydrogen-bond acceptors (Lipinski definition) is 3. The summed E-state index contributed by atoms with van der Waals surface area (Å²) in [5, 5.41) is 0. The molecule has 2 rings (SSSR count). The summed E-state index contributed by atoms with van der Waals surface area (Å²) < 4.78 is 37.7. The van der Waals surface area contributed by atoms with Gasteiger partial charge in [0.15, 0.2) is 0 Å². The number of aromatic nitrogens is 1. The largest absolute Gasteiger partial charge is 0.416 e. The van der Waals surface area contributed by atoms with Gasteiger partial charge in [0.1, 0.15) is 5.82 Å². The average molecular weight is 245 g/mol. The highest BCUT2D eigenvalue weighted by atomic mass is 19.4. The van der Waals surface area contributed by atoms with E-state index in [2.05, 4.69) is 4.98 Å². The second-order valence-corrected chi connectivity index (χ2v) is 4.11. The number of hydrogen-bond donors (Lipinski definition) is 1. The van der Waals surface area contributed by atoms with Gasteiger partial charge >= 0.3 is 6.18 Å². The molecule has 0 radical (unpaired) electrons. The molecule has 0 bridgehead atoms. The predicted octanol–water partition coefficient (Wildman–Crippen LogP) is 2.03. The molecule has 1 saturated carbocycles. The minimum absolute atomic E-state index is 0.300. The van der Waals surface area contributed by atoms with Crippen LogP contribution in [0.2, 0.25) is 0 Å². The van der Waals surface area contributed by atoms with E-state index in [1.54, 1.807) is 0 Å². The monoisotopic (exact) mass is 245 g/mol. The Morgan fingerprint density at radius 2 is 2.12 bits per heavy atom. The first-order chi connectivity index (χ1) is 8.02. The van der Waals surface area contributed by atoms with E-state index in [4.69, 9.17) is 5.73 Å². The SMILES string of the molecule is NCCN(c1cc(C(F)(F)F)ccn1)C1CC1. The molecule has 2 N–H and O–H groups in total. The molecule has 0 aromatic carbocycles. The summed E-state index contributed by atoms with van der Waals surface area (Å²) in [6.07, 6.45) is -1.13. The van der Waals surface area contributed by atoms with Gasteiger partial charge in [-0.2, -0.15) is 13.2 Å². The molecule has 1 aromatic heterocycles. The summed E-state index contributed by atoms with van der Waals surface area (Å²) in [7, 11) is 0. The van der Waals surface area contributed by atoms with E-state index in [9.17, 15) is 13.2 Å². The molecule has 0 amide bonds. The van der Waals surface area contributed by atoms with E-state index in [1.807, 2.05) is 4.90 Å². The van der Waals surface area contributed by atoms with E-state index in [0.717, 1.165) is 25.0 Å². The van der Waals surface area contributed by atoms with Crippen molar-refractivity contribution in [1.29, 1.82) is 0 Å². The molecule has 0 atom stereocenters. The van der Waals surface area contributed by atoms with Crippen molar-refractivity contribution in [2.24, 2.45) is 5.73 Å². The number of nitrogens with zero attached hydrogens (tertiary/aromatic N) is 2. The lowest BCUT2D eigenvalue weighted by atomic mass is 10.2. The molecule has 94 valence electrons. The van der Waals surface area contributed by atoms with Crippen LogP contribution in [0.25, 0.3) is 0 Å². The highest BCUT2D eigenvalue weighted by Gasteiger charge is 2.33. The maximum atomic E-state index is 12.6. The van der Waals surface area contributed by atoms with Crippen LogP contribution in [0.4, 0.5) is 19.0 Å². The number of halogens is 3. The Morgan fingerprint density at radius 1 is 1.41 bits per heavy atom. The van der Waals surface area contributed by atoms with Gasteiger partial charge in [0.25, 0.3) is 0 Å². The van der Waals surface area contributed by atoms with Gasteiger partial charge in [-0.3, -0.25) is 0 Å². The third kappa shape index (κ3) is 2.88. The number of alkyl halides is 3. The number of pyridine rings is 1. The van der Waals surface area contributed by atoms with Crippen LogP contribution < -0.4 is 10.6 Å². The Hall–Kier alpha value is -1.30. The molecular weight excluding hydrogens is 231 g/mol. The molecule has 17 heavy (non-hydrogen) atoms. The van der Waals surface area contributed by atoms with Gasteiger partial charge in [0.05, 0.1) is 5.56 Å². The lowest BCUT2D eigenvalue weighted by Gasteiger charge is -2.23. The van der Waals surface area contributed by atoms with Crippen molar-refractivity contribution in [2.45, 2.75) is 25.1 Å². The standard InChI is InChI=1S/C11H14F3N3/c12-11(13,14)8-3-5-16-10(7-8)17(6-4-15)9-1-2-9/h3,5,7,9H,1-2,4,6,15H2. The quantitative estimate of drug-likeness (QED) is 0.882. The summed E-state index contributed by atoms with van der Waals surface area (Å²) in [4.78, 5) is 5.86. The van der Waals surface area contributed by atoms with Gasteiger partial charge in [-0.15, -0.1) is 0 Å². The molecule has 1 heterocycles. The summed E-state index contributed by atoms with van der Waals surface area (Å²) in [5.74, 6) is 0.368. The lowest BCUT2D eigenvalue weighted by Crippen LogP contribution is -2.32. The van der Waals surface area contributed by atoms with E-state index in [0.29, 0.717) is 24.9 Å². The molecule has 0 unspecified atom stereocenters. The normalized spacial score (nSPS) is 16.0. The third-order valence-corrected chi connectivity index (χ3v) is 2.72. The van der Waals surface area contributed by atoms with Crippen LogP contribution in [-0.4, -0.2) is 24.1 Å². The number of anilines is 1. The maximum Gasteiger partial charge on any atom is 0.416 e. The van der Waals surface area contributed by atoms with Gasteiger partial charge in [-0.05, 0) is 25.0 Å². The summed E-state index contributed by atoms with van der Waals surface area (Å²) >= 11 is 0. The maximum absolute atomic E-state index is 12.6. The first-order valence-corrected chi connectivity index (χ1v) is 5.52. The summed E-state index contributed by atoms with van der Waals surface area (Å²) in [6.45, 7) is 0.952. The predicted molar refractivity (Wildman–Crippen MR) is 58.7 cm³/mol. The molecular formula is C11H14F3N3. The smallest absolute Gasteiger partial charge is 0.352 e. The molecule has 0 saturated heterocycles. The average Bonchev–Trinajstić information content (AvgIpc) is 3.09. The van der Waals surface area contributed by atoms with Crippen molar-refractivity contribution < 1.29 is 13.2 Å². The zero-order valence-corrected chi connectivity index (χ0v) is 9.24. The number of nitrogens with two attached hydrogens (primary N) is 1. The first-order valence-electron chi connectivity index (χ1n) is 5.52. The van der Waals surface area contributed by atoms with E-state index in [1.165, 1.54) is 6.20 Å². The zero-order valence-electron chi connectivity index (χ0n) is 9.24. The second-order valence-electron chi connectivity index (χ2n) is 4.11. The first kappa shape index (κ1) is 12.2. The zero-order chi connectivity index (χ0) is 12.5. The summed E-state index contributed by atoms with van der Waals surface area (Å²) in [6, 6.07) is 2.37. The van der Waals surface area contributed by atoms with Crippen molar-refractivity contribution in [3.05, 3.63) is 23.9 Å². The van der Waals surface area contributed by atoms with Gasteiger partial charge in [-0.1, -0.05) is 0 Å².